The summed E-state index contributed by atoms with van der Waals surface area (Å²) in [4.78, 5) is 6.98. The zero-order valence-corrected chi connectivity index (χ0v) is 20.0. The smallest absolute Gasteiger partial charge is 0.153 e. The van der Waals surface area contributed by atoms with Crippen LogP contribution in [-0.4, -0.2) is 13.1 Å². The first-order valence-electron chi connectivity index (χ1n) is 11.4. The Morgan fingerprint density at radius 1 is 0.794 bits per heavy atom. The number of hydrogen-bond acceptors (Lipinski definition) is 6. The van der Waals surface area contributed by atoms with Crippen molar-refractivity contribution in [3.63, 3.8) is 0 Å². The van der Waals surface area contributed by atoms with Crippen LogP contribution >= 0.6 is 11.8 Å². The summed E-state index contributed by atoms with van der Waals surface area (Å²) < 4.78 is 6.20. The molecule has 4 N–H and O–H groups in total. The van der Waals surface area contributed by atoms with Gasteiger partial charge in [0.05, 0.1) is 28.4 Å². The molecular weight excluding hydrogens is 440 g/mol. The highest BCUT2D eigenvalue weighted by atomic mass is 32.2. The van der Waals surface area contributed by atoms with Crippen LogP contribution in [-0.2, 0) is 6.42 Å². The van der Waals surface area contributed by atoms with Crippen molar-refractivity contribution in [1.82, 2.24) is 0 Å². The molecule has 5 nitrogen and oxygen atoms in total. The third-order valence-corrected chi connectivity index (χ3v) is 7.81. The van der Waals surface area contributed by atoms with Gasteiger partial charge in [-0.05, 0) is 61.4 Å². The lowest BCUT2D eigenvalue weighted by molar-refractivity contribution is 0.467. The van der Waals surface area contributed by atoms with Crippen molar-refractivity contribution in [1.29, 1.82) is 0 Å². The van der Waals surface area contributed by atoms with E-state index in [9.17, 15) is 0 Å². The fraction of sp³-hybridized carbons (Fsp3) is 0.143. The Morgan fingerprint density at radius 3 is 2.35 bits per heavy atom. The molecule has 0 aliphatic carbocycles. The van der Waals surface area contributed by atoms with E-state index in [1.54, 1.807) is 11.8 Å². The predicted octanol–water partition coefficient (Wildman–Crippen LogP) is 6.96. The maximum atomic E-state index is 6.48. The summed E-state index contributed by atoms with van der Waals surface area (Å²) in [6, 6.07) is 26.8. The van der Waals surface area contributed by atoms with Crippen molar-refractivity contribution in [3.05, 3.63) is 84.4 Å². The number of anilines is 6. The monoisotopic (exact) mass is 466 g/mol. The molecule has 2 aliphatic heterocycles. The molecule has 4 aromatic rings. The summed E-state index contributed by atoms with van der Waals surface area (Å²) in [6.07, 6.45) is 0.827. The van der Waals surface area contributed by atoms with Gasteiger partial charge in [0.15, 0.2) is 11.5 Å². The Hall–Kier alpha value is -3.77. The molecule has 170 valence electrons. The normalized spacial score (nSPS) is 14.4. The summed E-state index contributed by atoms with van der Waals surface area (Å²) in [5.41, 5.74) is 19.9. The van der Waals surface area contributed by atoms with Crippen LogP contribution in [0.1, 0.15) is 12.5 Å². The van der Waals surface area contributed by atoms with Gasteiger partial charge in [-0.3, -0.25) is 0 Å². The molecular formula is C28H26N4OS. The number of nitrogens with zero attached hydrogens (tertiary/aromatic N) is 2. The van der Waals surface area contributed by atoms with Gasteiger partial charge < -0.3 is 26.0 Å². The number of hydrogen-bond donors (Lipinski definition) is 2. The second-order valence-corrected chi connectivity index (χ2v) is 9.86. The maximum Gasteiger partial charge on any atom is 0.153 e. The molecule has 0 spiro atoms. The molecule has 0 fully saturated rings. The van der Waals surface area contributed by atoms with Crippen molar-refractivity contribution in [2.45, 2.75) is 29.2 Å². The molecule has 0 amide bonds. The third-order valence-electron chi connectivity index (χ3n) is 6.59. The third kappa shape index (κ3) is 3.17. The lowest BCUT2D eigenvalue weighted by Gasteiger charge is -2.38. The van der Waals surface area contributed by atoms with Gasteiger partial charge in [0.2, 0.25) is 0 Å². The molecule has 0 bridgehead atoms. The Bertz CT molecular complexity index is 1420. The summed E-state index contributed by atoms with van der Waals surface area (Å²) in [5, 5.41) is 0. The number of nitrogen functional groups attached to an aromatic ring is 2. The van der Waals surface area contributed by atoms with Gasteiger partial charge >= 0.3 is 0 Å². The highest BCUT2D eigenvalue weighted by Gasteiger charge is 2.31. The molecule has 0 saturated heterocycles. The number of fused-ring (bicyclic) bond motifs is 4. The van der Waals surface area contributed by atoms with E-state index < -0.39 is 0 Å². The summed E-state index contributed by atoms with van der Waals surface area (Å²) in [5.74, 6) is 1.63. The van der Waals surface area contributed by atoms with Crippen molar-refractivity contribution in [2.24, 2.45) is 0 Å². The van der Waals surface area contributed by atoms with Crippen LogP contribution in [0, 0.1) is 0 Å². The summed E-state index contributed by atoms with van der Waals surface area (Å²) in [6.45, 7) is 2.24. The van der Waals surface area contributed by atoms with Gasteiger partial charge in [0, 0.05) is 22.9 Å². The van der Waals surface area contributed by atoms with E-state index in [-0.39, 0.29) is 6.04 Å². The van der Waals surface area contributed by atoms with E-state index in [1.807, 2.05) is 42.5 Å². The highest BCUT2D eigenvalue weighted by molar-refractivity contribution is 7.99. The molecule has 2 heterocycles. The van der Waals surface area contributed by atoms with Crippen LogP contribution < -0.4 is 26.0 Å². The molecule has 4 aromatic carbocycles. The van der Waals surface area contributed by atoms with Crippen LogP contribution in [0.2, 0.25) is 0 Å². The van der Waals surface area contributed by atoms with Gasteiger partial charge in [0.1, 0.15) is 5.69 Å². The van der Waals surface area contributed by atoms with Crippen LogP contribution in [0.4, 0.5) is 34.1 Å². The number of benzene rings is 4. The minimum atomic E-state index is 0.129. The minimum absolute atomic E-state index is 0.129. The Kier molecular flexibility index (Phi) is 4.85. The molecule has 1 atom stereocenters. The van der Waals surface area contributed by atoms with Crippen LogP contribution in [0.25, 0.3) is 0 Å². The molecule has 1 unspecified atom stereocenters. The van der Waals surface area contributed by atoms with Crippen LogP contribution in [0.3, 0.4) is 0 Å². The van der Waals surface area contributed by atoms with Gasteiger partial charge in [-0.15, -0.1) is 0 Å². The molecule has 34 heavy (non-hydrogen) atoms. The quantitative estimate of drug-likeness (QED) is 0.318. The number of nitrogens with two attached hydrogens (primary N) is 2. The second kappa shape index (κ2) is 7.92. The predicted molar refractivity (Wildman–Crippen MR) is 142 cm³/mol. The fourth-order valence-corrected chi connectivity index (χ4v) is 6.34. The molecule has 6 heteroatoms. The van der Waals surface area contributed by atoms with Gasteiger partial charge in [-0.2, -0.15) is 0 Å². The Balaban J connectivity index is 1.43. The van der Waals surface area contributed by atoms with Crippen molar-refractivity contribution in [3.8, 4) is 11.5 Å². The van der Waals surface area contributed by atoms with Crippen molar-refractivity contribution < 1.29 is 4.74 Å². The molecule has 0 saturated carbocycles. The zero-order valence-electron chi connectivity index (χ0n) is 19.2. The molecule has 0 radical (unpaired) electrons. The van der Waals surface area contributed by atoms with Crippen molar-refractivity contribution >= 4 is 45.9 Å². The first-order chi connectivity index (χ1) is 16.5. The van der Waals surface area contributed by atoms with E-state index in [2.05, 4.69) is 60.2 Å². The fourth-order valence-electron chi connectivity index (χ4n) is 5.03. The lowest BCUT2D eigenvalue weighted by Crippen LogP contribution is -2.33. The molecule has 2 aliphatic rings. The zero-order chi connectivity index (χ0) is 23.4. The average molecular weight is 467 g/mol. The van der Waals surface area contributed by atoms with Gasteiger partial charge in [-0.25, -0.2) is 0 Å². The van der Waals surface area contributed by atoms with E-state index in [0.717, 1.165) is 40.7 Å². The minimum Gasteiger partial charge on any atom is -0.453 e. The summed E-state index contributed by atoms with van der Waals surface area (Å²) >= 11 is 1.80. The number of ether oxygens (including phenoxy) is 1. The van der Waals surface area contributed by atoms with E-state index in [1.165, 1.54) is 21.0 Å². The first kappa shape index (κ1) is 20.8. The Morgan fingerprint density at radius 2 is 1.50 bits per heavy atom. The largest absolute Gasteiger partial charge is 0.453 e. The maximum absolute atomic E-state index is 6.48. The van der Waals surface area contributed by atoms with Crippen LogP contribution in [0.5, 0.6) is 11.5 Å². The van der Waals surface area contributed by atoms with Crippen LogP contribution in [0.15, 0.2) is 88.7 Å². The topological polar surface area (TPSA) is 67.8 Å². The number of rotatable bonds is 3. The van der Waals surface area contributed by atoms with Crippen molar-refractivity contribution in [2.75, 3.05) is 28.3 Å². The first-order valence-corrected chi connectivity index (χ1v) is 12.2. The van der Waals surface area contributed by atoms with Gasteiger partial charge in [-0.1, -0.05) is 48.2 Å². The molecule has 6 rings (SSSR count). The molecule has 0 aromatic heterocycles. The number of para-hydroxylation sites is 4. The SMILES string of the molecule is CC(Cc1ccc(N)c2c1Sc1ccccc1N2C)N1c2ccccc2Oc2cccc(N)c21. The Labute approximate surface area is 203 Å². The summed E-state index contributed by atoms with van der Waals surface area (Å²) in [7, 11) is 2.09. The average Bonchev–Trinajstić information content (AvgIpc) is 2.84. The lowest BCUT2D eigenvalue weighted by atomic mass is 10.0. The van der Waals surface area contributed by atoms with E-state index in [4.69, 9.17) is 16.2 Å². The second-order valence-electron chi connectivity index (χ2n) is 8.81. The highest BCUT2D eigenvalue weighted by Crippen LogP contribution is 2.53. The van der Waals surface area contributed by atoms with E-state index >= 15 is 0 Å². The standard InChI is InChI=1S/C28H26N4OS/c1-17(32-21-9-3-5-11-23(21)33-24-12-7-8-19(29)26(24)32)16-18-14-15-20(30)27-28(18)34-25-13-6-4-10-22(25)31(27)2/h3-15,17H,16,29-30H2,1-2H3. The van der Waals surface area contributed by atoms with E-state index in [0.29, 0.717) is 5.69 Å². The van der Waals surface area contributed by atoms with Gasteiger partial charge in [0.25, 0.3) is 0 Å².